The molecule has 0 fully saturated rings. The van der Waals surface area contributed by atoms with Crippen LogP contribution in [0, 0.1) is 0 Å². The monoisotopic (exact) mass is 183 g/mol. The van der Waals surface area contributed by atoms with Crippen LogP contribution >= 0.6 is 11.6 Å². The molecule has 1 heterocycles. The Morgan fingerprint density at radius 1 is 1.50 bits per heavy atom. The van der Waals surface area contributed by atoms with Gasteiger partial charge in [0.2, 0.25) is 0 Å². The summed E-state index contributed by atoms with van der Waals surface area (Å²) in [5, 5.41) is 0.717. The number of nitrogens with two attached hydrogens (primary N) is 1. The van der Waals surface area contributed by atoms with E-state index in [4.69, 9.17) is 22.1 Å². The molecule has 0 aliphatic carbocycles. The van der Waals surface area contributed by atoms with Crippen molar-refractivity contribution in [3.05, 3.63) is 28.8 Å². The van der Waals surface area contributed by atoms with Crippen molar-refractivity contribution < 1.29 is 4.74 Å². The molecule has 64 valence electrons. The first kappa shape index (κ1) is 7.90. The van der Waals surface area contributed by atoms with Crippen LogP contribution in [0.2, 0.25) is 5.02 Å². The van der Waals surface area contributed by atoms with E-state index >= 15 is 0 Å². The maximum Gasteiger partial charge on any atom is 0.124 e. The number of hydrogen-bond acceptors (Lipinski definition) is 2. The van der Waals surface area contributed by atoms with Crippen molar-refractivity contribution in [1.29, 1.82) is 0 Å². The van der Waals surface area contributed by atoms with Gasteiger partial charge < -0.3 is 10.5 Å². The molecule has 1 aromatic carbocycles. The first-order chi connectivity index (χ1) is 5.77. The largest absolute Gasteiger partial charge is 0.493 e. The van der Waals surface area contributed by atoms with Gasteiger partial charge in [0.05, 0.1) is 6.61 Å². The predicted octanol–water partition coefficient (Wildman–Crippen LogP) is 2.12. The number of fused-ring (bicyclic) bond motifs is 1. The van der Waals surface area contributed by atoms with Gasteiger partial charge in [-0.2, -0.15) is 0 Å². The lowest BCUT2D eigenvalue weighted by Crippen LogP contribution is -2.20. The van der Waals surface area contributed by atoms with Crippen LogP contribution in [0.25, 0.3) is 0 Å². The van der Waals surface area contributed by atoms with Gasteiger partial charge in [0, 0.05) is 23.0 Å². The summed E-state index contributed by atoms with van der Waals surface area (Å²) >= 11 is 5.83. The maximum absolute atomic E-state index is 5.88. The molecular formula is C9H10ClNO. The van der Waals surface area contributed by atoms with Crippen molar-refractivity contribution in [2.45, 2.75) is 12.5 Å². The molecule has 0 aromatic heterocycles. The fraction of sp³-hybridized carbons (Fsp3) is 0.333. The molecular weight excluding hydrogens is 174 g/mol. The highest BCUT2D eigenvalue weighted by atomic mass is 35.5. The molecule has 1 aliphatic heterocycles. The fourth-order valence-electron chi connectivity index (χ4n) is 1.39. The van der Waals surface area contributed by atoms with Crippen LogP contribution in [-0.2, 0) is 0 Å². The van der Waals surface area contributed by atoms with Crippen LogP contribution in [0.1, 0.15) is 18.0 Å². The van der Waals surface area contributed by atoms with Gasteiger partial charge >= 0.3 is 0 Å². The van der Waals surface area contributed by atoms with Crippen LogP contribution < -0.4 is 10.5 Å². The molecule has 0 spiro atoms. The van der Waals surface area contributed by atoms with Gasteiger partial charge in [0.15, 0.2) is 0 Å². The first-order valence-electron chi connectivity index (χ1n) is 3.95. The fourth-order valence-corrected chi connectivity index (χ4v) is 1.57. The molecule has 0 radical (unpaired) electrons. The summed E-state index contributed by atoms with van der Waals surface area (Å²) in [6.07, 6.45) is 0.868. The van der Waals surface area contributed by atoms with Crippen molar-refractivity contribution in [3.8, 4) is 5.75 Å². The molecule has 2 nitrogen and oxygen atoms in total. The quantitative estimate of drug-likeness (QED) is 0.669. The third-order valence-corrected chi connectivity index (χ3v) is 2.29. The van der Waals surface area contributed by atoms with E-state index in [0.717, 1.165) is 22.8 Å². The molecule has 1 aliphatic rings. The lowest BCUT2D eigenvalue weighted by Gasteiger charge is -2.22. The molecule has 1 aromatic rings. The Morgan fingerprint density at radius 2 is 2.33 bits per heavy atom. The average molecular weight is 184 g/mol. The van der Waals surface area contributed by atoms with Crippen molar-refractivity contribution in [2.24, 2.45) is 5.73 Å². The smallest absolute Gasteiger partial charge is 0.124 e. The highest BCUT2D eigenvalue weighted by Crippen LogP contribution is 2.32. The van der Waals surface area contributed by atoms with E-state index in [2.05, 4.69) is 0 Å². The Morgan fingerprint density at radius 3 is 3.17 bits per heavy atom. The minimum absolute atomic E-state index is 0.0763. The van der Waals surface area contributed by atoms with Gasteiger partial charge in [-0.1, -0.05) is 11.6 Å². The molecule has 3 heteroatoms. The van der Waals surface area contributed by atoms with Crippen LogP contribution in [0.15, 0.2) is 18.2 Å². The maximum atomic E-state index is 5.88. The van der Waals surface area contributed by atoms with Gasteiger partial charge in [-0.15, -0.1) is 0 Å². The first-order valence-corrected chi connectivity index (χ1v) is 4.33. The van der Waals surface area contributed by atoms with E-state index in [0.29, 0.717) is 6.61 Å². The number of ether oxygens (including phenoxy) is 1. The third kappa shape index (κ3) is 1.28. The molecule has 0 saturated carbocycles. The Labute approximate surface area is 76.3 Å². The number of hydrogen-bond donors (Lipinski definition) is 1. The Bertz CT molecular complexity index is 301. The van der Waals surface area contributed by atoms with Crippen molar-refractivity contribution in [1.82, 2.24) is 0 Å². The lowest BCUT2D eigenvalue weighted by atomic mass is 10.0. The van der Waals surface area contributed by atoms with Crippen molar-refractivity contribution in [2.75, 3.05) is 6.61 Å². The zero-order chi connectivity index (χ0) is 8.55. The summed E-state index contributed by atoms with van der Waals surface area (Å²) in [4.78, 5) is 0. The van der Waals surface area contributed by atoms with Crippen molar-refractivity contribution in [3.63, 3.8) is 0 Å². The Kier molecular flexibility index (Phi) is 1.95. The van der Waals surface area contributed by atoms with Crippen LogP contribution in [0.3, 0.4) is 0 Å². The summed E-state index contributed by atoms with van der Waals surface area (Å²) in [7, 11) is 0. The molecule has 0 amide bonds. The lowest BCUT2D eigenvalue weighted by molar-refractivity contribution is 0.269. The average Bonchev–Trinajstić information content (AvgIpc) is 2.07. The highest BCUT2D eigenvalue weighted by molar-refractivity contribution is 6.30. The Balaban J connectivity index is 2.47. The number of halogens is 1. The number of rotatable bonds is 0. The molecule has 2 N–H and O–H groups in total. The standard InChI is InChI=1S/C9H10ClNO/c10-6-1-2-9-7(5-6)8(11)3-4-12-9/h1-2,5,8H,3-4,11H2/t8-/m1/s1. The minimum atomic E-state index is 0.0763. The van der Waals surface area contributed by atoms with Gasteiger partial charge in [0.25, 0.3) is 0 Å². The summed E-state index contributed by atoms with van der Waals surface area (Å²) < 4.78 is 5.41. The van der Waals surface area contributed by atoms with E-state index in [1.54, 1.807) is 0 Å². The highest BCUT2D eigenvalue weighted by Gasteiger charge is 2.17. The molecule has 0 unspecified atom stereocenters. The predicted molar refractivity (Wildman–Crippen MR) is 48.5 cm³/mol. The molecule has 0 saturated heterocycles. The second-order valence-corrected chi connectivity index (χ2v) is 3.36. The second kappa shape index (κ2) is 2.96. The molecule has 1 atom stereocenters. The summed E-state index contributed by atoms with van der Waals surface area (Å²) in [5.74, 6) is 0.873. The van der Waals surface area contributed by atoms with E-state index in [1.807, 2.05) is 18.2 Å². The van der Waals surface area contributed by atoms with Crippen LogP contribution in [-0.4, -0.2) is 6.61 Å². The zero-order valence-corrected chi connectivity index (χ0v) is 7.34. The van der Waals surface area contributed by atoms with Gasteiger partial charge in [-0.25, -0.2) is 0 Å². The molecule has 12 heavy (non-hydrogen) atoms. The third-order valence-electron chi connectivity index (χ3n) is 2.06. The van der Waals surface area contributed by atoms with Crippen LogP contribution in [0.5, 0.6) is 5.75 Å². The van der Waals surface area contributed by atoms with Gasteiger partial charge in [0.1, 0.15) is 5.75 Å². The van der Waals surface area contributed by atoms with Gasteiger partial charge in [-0.05, 0) is 18.2 Å². The summed E-state index contributed by atoms with van der Waals surface area (Å²) in [6, 6.07) is 5.64. The summed E-state index contributed by atoms with van der Waals surface area (Å²) in [6.45, 7) is 0.704. The molecule has 2 rings (SSSR count). The van der Waals surface area contributed by atoms with Crippen LogP contribution in [0.4, 0.5) is 0 Å². The minimum Gasteiger partial charge on any atom is -0.493 e. The van der Waals surface area contributed by atoms with E-state index in [9.17, 15) is 0 Å². The van der Waals surface area contributed by atoms with E-state index in [-0.39, 0.29) is 6.04 Å². The zero-order valence-electron chi connectivity index (χ0n) is 6.59. The second-order valence-electron chi connectivity index (χ2n) is 2.93. The van der Waals surface area contributed by atoms with E-state index in [1.165, 1.54) is 0 Å². The SMILES string of the molecule is N[C@@H]1CCOc2ccc(Cl)cc21. The van der Waals surface area contributed by atoms with Gasteiger partial charge in [-0.3, -0.25) is 0 Å². The topological polar surface area (TPSA) is 35.2 Å². The van der Waals surface area contributed by atoms with Crippen molar-refractivity contribution >= 4 is 11.6 Å². The number of benzene rings is 1. The normalized spacial score (nSPS) is 21.3. The Hall–Kier alpha value is -0.730. The van der Waals surface area contributed by atoms with E-state index < -0.39 is 0 Å². The molecule has 0 bridgehead atoms. The summed E-state index contributed by atoms with van der Waals surface area (Å²) in [5.41, 5.74) is 6.90.